The summed E-state index contributed by atoms with van der Waals surface area (Å²) in [6.45, 7) is 8.50. The fraction of sp³-hybridized carbons (Fsp3) is 0.625. The van der Waals surface area contributed by atoms with Gasteiger partial charge in [-0.25, -0.2) is 9.98 Å². The molecule has 0 aliphatic heterocycles. The maximum absolute atomic E-state index is 12.2. The van der Waals surface area contributed by atoms with Crippen molar-refractivity contribution in [2.75, 3.05) is 31.1 Å². The van der Waals surface area contributed by atoms with E-state index < -0.39 is 12.6 Å². The van der Waals surface area contributed by atoms with Crippen LogP contribution in [-0.2, 0) is 6.54 Å². The highest BCUT2D eigenvalue weighted by atomic mass is 19.4. The van der Waals surface area contributed by atoms with E-state index in [1.165, 1.54) is 0 Å². The summed E-state index contributed by atoms with van der Waals surface area (Å²) < 4.78 is 36.6. The molecule has 0 aromatic carbocycles. The molecular weight excluding hydrogens is 319 g/mol. The van der Waals surface area contributed by atoms with E-state index in [0.29, 0.717) is 19.0 Å². The molecule has 0 unspecified atom stereocenters. The number of pyridine rings is 1. The van der Waals surface area contributed by atoms with E-state index in [1.54, 1.807) is 6.20 Å². The number of alkyl halides is 3. The Hall–Kier alpha value is -1.99. The predicted octanol–water partition coefficient (Wildman–Crippen LogP) is 2.94. The SMILES string of the molecule is CCNC(=NCc1ccc(N(CC)CC)nc1)NCCC(F)(F)F. The van der Waals surface area contributed by atoms with E-state index in [1.807, 2.05) is 19.1 Å². The fourth-order valence-electron chi connectivity index (χ4n) is 2.08. The third-order valence-corrected chi connectivity index (χ3v) is 3.36. The smallest absolute Gasteiger partial charge is 0.357 e. The van der Waals surface area contributed by atoms with Crippen LogP contribution in [0.25, 0.3) is 0 Å². The molecule has 0 saturated heterocycles. The van der Waals surface area contributed by atoms with Crippen LogP contribution in [0, 0.1) is 0 Å². The Labute approximate surface area is 141 Å². The minimum atomic E-state index is -4.17. The minimum Gasteiger partial charge on any atom is -0.357 e. The Morgan fingerprint density at radius 1 is 1.17 bits per heavy atom. The van der Waals surface area contributed by atoms with Crippen molar-refractivity contribution in [3.63, 3.8) is 0 Å². The lowest BCUT2D eigenvalue weighted by Gasteiger charge is -2.19. The number of aromatic nitrogens is 1. The van der Waals surface area contributed by atoms with Gasteiger partial charge in [-0.15, -0.1) is 0 Å². The number of nitrogens with zero attached hydrogens (tertiary/aromatic N) is 3. The number of hydrogen-bond acceptors (Lipinski definition) is 3. The van der Waals surface area contributed by atoms with Gasteiger partial charge in [-0.1, -0.05) is 6.07 Å². The van der Waals surface area contributed by atoms with Gasteiger partial charge >= 0.3 is 6.18 Å². The Morgan fingerprint density at radius 2 is 1.88 bits per heavy atom. The van der Waals surface area contributed by atoms with Crippen LogP contribution in [0.4, 0.5) is 19.0 Å². The summed E-state index contributed by atoms with van der Waals surface area (Å²) in [6.07, 6.45) is -3.32. The van der Waals surface area contributed by atoms with E-state index in [0.717, 1.165) is 24.5 Å². The number of nitrogens with one attached hydrogen (secondary N) is 2. The summed E-state index contributed by atoms with van der Waals surface area (Å²) in [7, 11) is 0. The number of guanidine groups is 1. The van der Waals surface area contributed by atoms with Gasteiger partial charge in [0.1, 0.15) is 5.82 Å². The van der Waals surface area contributed by atoms with Gasteiger partial charge in [-0.05, 0) is 32.4 Å². The summed E-state index contributed by atoms with van der Waals surface area (Å²) in [6, 6.07) is 3.87. The average molecular weight is 345 g/mol. The summed E-state index contributed by atoms with van der Waals surface area (Å²) in [5.41, 5.74) is 0.902. The van der Waals surface area contributed by atoms with E-state index in [4.69, 9.17) is 0 Å². The highest BCUT2D eigenvalue weighted by Crippen LogP contribution is 2.18. The van der Waals surface area contributed by atoms with Gasteiger partial charge in [0.15, 0.2) is 5.96 Å². The van der Waals surface area contributed by atoms with Crippen molar-refractivity contribution in [3.8, 4) is 0 Å². The first-order valence-corrected chi connectivity index (χ1v) is 8.18. The highest BCUT2D eigenvalue weighted by Gasteiger charge is 2.26. The Balaban J connectivity index is 2.62. The first kappa shape index (κ1) is 20.1. The van der Waals surface area contributed by atoms with E-state index in [9.17, 15) is 13.2 Å². The first-order valence-electron chi connectivity index (χ1n) is 8.18. The molecule has 5 nitrogen and oxygen atoms in total. The Bertz CT molecular complexity index is 495. The molecule has 0 saturated carbocycles. The third-order valence-electron chi connectivity index (χ3n) is 3.36. The van der Waals surface area contributed by atoms with Gasteiger partial charge in [0.25, 0.3) is 0 Å². The van der Waals surface area contributed by atoms with Crippen molar-refractivity contribution < 1.29 is 13.2 Å². The normalized spacial score (nSPS) is 12.2. The standard InChI is InChI=1S/C16H26F3N5/c1-4-20-15(21-10-9-16(17,18)19)23-12-13-7-8-14(22-11-13)24(5-2)6-3/h7-8,11H,4-6,9-10,12H2,1-3H3,(H2,20,21,23). The molecule has 0 radical (unpaired) electrons. The molecule has 1 heterocycles. The number of halogens is 3. The third kappa shape index (κ3) is 7.52. The van der Waals surface area contributed by atoms with E-state index in [-0.39, 0.29) is 6.54 Å². The molecule has 0 aliphatic rings. The van der Waals surface area contributed by atoms with E-state index >= 15 is 0 Å². The zero-order valence-electron chi connectivity index (χ0n) is 14.5. The topological polar surface area (TPSA) is 52.6 Å². The summed E-state index contributed by atoms with van der Waals surface area (Å²) in [4.78, 5) is 10.8. The highest BCUT2D eigenvalue weighted by molar-refractivity contribution is 5.79. The van der Waals surface area contributed by atoms with Crippen LogP contribution in [0.1, 0.15) is 32.8 Å². The summed E-state index contributed by atoms with van der Waals surface area (Å²) in [5, 5.41) is 5.62. The van der Waals surface area contributed by atoms with Crippen molar-refractivity contribution in [3.05, 3.63) is 23.9 Å². The molecule has 0 fully saturated rings. The zero-order valence-corrected chi connectivity index (χ0v) is 14.5. The molecule has 1 aromatic rings. The Morgan fingerprint density at radius 3 is 2.38 bits per heavy atom. The molecule has 1 rings (SSSR count). The second-order valence-corrected chi connectivity index (χ2v) is 5.18. The lowest BCUT2D eigenvalue weighted by molar-refractivity contribution is -0.132. The minimum absolute atomic E-state index is 0.200. The number of rotatable bonds is 8. The van der Waals surface area contributed by atoms with Crippen LogP contribution in [0.5, 0.6) is 0 Å². The maximum Gasteiger partial charge on any atom is 0.390 e. The maximum atomic E-state index is 12.2. The first-order chi connectivity index (χ1) is 11.4. The van der Waals surface area contributed by atoms with Crippen molar-refractivity contribution in [1.29, 1.82) is 0 Å². The van der Waals surface area contributed by atoms with Crippen molar-refractivity contribution in [2.24, 2.45) is 4.99 Å². The van der Waals surface area contributed by atoms with Crippen LogP contribution in [0.2, 0.25) is 0 Å². The van der Waals surface area contributed by atoms with Gasteiger partial charge < -0.3 is 15.5 Å². The molecule has 0 amide bonds. The molecule has 0 aliphatic carbocycles. The molecule has 0 spiro atoms. The van der Waals surface area contributed by atoms with Crippen LogP contribution in [0.3, 0.4) is 0 Å². The number of aliphatic imine (C=N–C) groups is 1. The van der Waals surface area contributed by atoms with E-state index in [2.05, 4.69) is 39.4 Å². The Kier molecular flexibility index (Phi) is 8.35. The largest absolute Gasteiger partial charge is 0.390 e. The molecule has 8 heteroatoms. The van der Waals surface area contributed by atoms with Gasteiger partial charge in [0.2, 0.25) is 0 Å². The summed E-state index contributed by atoms with van der Waals surface area (Å²) >= 11 is 0. The second kappa shape index (κ2) is 10.00. The molecule has 2 N–H and O–H groups in total. The average Bonchev–Trinajstić information content (AvgIpc) is 2.54. The number of hydrogen-bond donors (Lipinski definition) is 2. The van der Waals surface area contributed by atoms with Gasteiger partial charge in [-0.3, -0.25) is 0 Å². The quantitative estimate of drug-likeness (QED) is 0.562. The number of anilines is 1. The predicted molar refractivity (Wildman–Crippen MR) is 91.3 cm³/mol. The zero-order chi connectivity index (χ0) is 18.0. The molecule has 0 atom stereocenters. The van der Waals surface area contributed by atoms with Gasteiger partial charge in [0, 0.05) is 32.4 Å². The molecule has 1 aromatic heterocycles. The second-order valence-electron chi connectivity index (χ2n) is 5.18. The van der Waals surface area contributed by atoms with Crippen LogP contribution < -0.4 is 15.5 Å². The lowest BCUT2D eigenvalue weighted by Crippen LogP contribution is -2.38. The molecular formula is C16H26F3N5. The van der Waals surface area contributed by atoms with Gasteiger partial charge in [-0.2, -0.15) is 13.2 Å². The molecule has 24 heavy (non-hydrogen) atoms. The monoisotopic (exact) mass is 345 g/mol. The summed E-state index contributed by atoms with van der Waals surface area (Å²) in [5.74, 6) is 1.28. The van der Waals surface area contributed by atoms with Crippen LogP contribution in [-0.4, -0.2) is 43.3 Å². The van der Waals surface area contributed by atoms with Crippen LogP contribution >= 0.6 is 0 Å². The lowest BCUT2D eigenvalue weighted by atomic mass is 10.3. The van der Waals surface area contributed by atoms with Crippen molar-refractivity contribution in [2.45, 2.75) is 39.9 Å². The van der Waals surface area contributed by atoms with Gasteiger partial charge in [0.05, 0.1) is 13.0 Å². The molecule has 136 valence electrons. The van der Waals surface area contributed by atoms with Crippen molar-refractivity contribution >= 4 is 11.8 Å². The molecule has 0 bridgehead atoms. The van der Waals surface area contributed by atoms with Crippen LogP contribution in [0.15, 0.2) is 23.3 Å². The fourth-order valence-corrected chi connectivity index (χ4v) is 2.08. The van der Waals surface area contributed by atoms with Crippen molar-refractivity contribution in [1.82, 2.24) is 15.6 Å².